The largest absolute Gasteiger partial charge is 0.274 e. The number of rotatable bonds is 8. The van der Waals surface area contributed by atoms with Crippen molar-refractivity contribution in [2.24, 2.45) is 10.9 Å². The van der Waals surface area contributed by atoms with E-state index in [9.17, 15) is 4.21 Å². The maximum atomic E-state index is 13.1. The third kappa shape index (κ3) is 6.86. The van der Waals surface area contributed by atoms with Gasteiger partial charge in [0, 0.05) is 22.2 Å². The van der Waals surface area contributed by atoms with Gasteiger partial charge >= 0.3 is 0 Å². The van der Waals surface area contributed by atoms with E-state index in [1.54, 1.807) is 0 Å². The highest BCUT2D eigenvalue weighted by molar-refractivity contribution is 7.84. The highest BCUT2D eigenvalue weighted by atomic mass is 35.5. The van der Waals surface area contributed by atoms with Crippen molar-refractivity contribution in [3.05, 3.63) is 107 Å². The number of nitrogens with one attached hydrogen (secondary N) is 1. The van der Waals surface area contributed by atoms with Crippen LogP contribution in [0.25, 0.3) is 0 Å². The molecule has 3 atom stereocenters. The fourth-order valence-electron chi connectivity index (χ4n) is 3.53. The van der Waals surface area contributed by atoms with Crippen molar-refractivity contribution in [2.45, 2.75) is 51.4 Å². The van der Waals surface area contributed by atoms with E-state index in [1.165, 1.54) is 0 Å². The molecule has 0 heterocycles. The fourth-order valence-corrected chi connectivity index (χ4v) is 4.66. The zero-order chi connectivity index (χ0) is 24.0. The first-order valence-electron chi connectivity index (χ1n) is 11.3. The highest BCUT2D eigenvalue weighted by Crippen LogP contribution is 2.30. The number of benzene rings is 3. The van der Waals surface area contributed by atoms with Crippen LogP contribution in [0.15, 0.2) is 89.9 Å². The van der Waals surface area contributed by atoms with Gasteiger partial charge < -0.3 is 0 Å². The van der Waals surface area contributed by atoms with E-state index in [0.717, 1.165) is 22.4 Å². The third-order valence-electron chi connectivity index (χ3n) is 5.43. The second kappa shape index (κ2) is 11.2. The topological polar surface area (TPSA) is 41.5 Å². The minimum Gasteiger partial charge on any atom is -0.274 e. The molecule has 0 unspecified atom stereocenters. The molecule has 3 aromatic carbocycles. The molecule has 0 aliphatic carbocycles. The van der Waals surface area contributed by atoms with Crippen LogP contribution in [-0.4, -0.2) is 20.7 Å². The van der Waals surface area contributed by atoms with E-state index in [2.05, 4.69) is 42.8 Å². The van der Waals surface area contributed by atoms with Crippen LogP contribution in [0.1, 0.15) is 57.4 Å². The third-order valence-corrected chi connectivity index (χ3v) is 7.28. The van der Waals surface area contributed by atoms with E-state index in [0.29, 0.717) is 5.02 Å². The van der Waals surface area contributed by atoms with Gasteiger partial charge in [-0.2, -0.15) is 0 Å². The summed E-state index contributed by atoms with van der Waals surface area (Å²) >= 11 is 6.20. The van der Waals surface area contributed by atoms with Crippen LogP contribution in [-0.2, 0) is 11.0 Å². The Balaban J connectivity index is 2.19. The highest BCUT2D eigenvalue weighted by Gasteiger charge is 2.31. The first kappa shape index (κ1) is 25.4. The molecule has 0 radical (unpaired) electrons. The van der Waals surface area contributed by atoms with Crippen molar-refractivity contribution in [1.29, 1.82) is 0 Å². The summed E-state index contributed by atoms with van der Waals surface area (Å²) in [6.45, 7) is 10.2. The van der Waals surface area contributed by atoms with Crippen LogP contribution in [0.5, 0.6) is 0 Å². The van der Waals surface area contributed by atoms with Gasteiger partial charge in [-0.25, -0.2) is 8.93 Å². The molecule has 0 fully saturated rings. The van der Waals surface area contributed by atoms with Gasteiger partial charge in [-0.1, -0.05) is 98.2 Å². The normalized spacial score (nSPS) is 14.5. The summed E-state index contributed by atoms with van der Waals surface area (Å²) in [5.41, 5.74) is 4.02. The Labute approximate surface area is 205 Å². The SMILES string of the molecule is CC(C)[C@@H](N[S@](=O)C(C)(C)C)[C@@H](N=C(c1ccccc1)c1ccccc1)c1ccc(Cl)cc1. The molecule has 0 aliphatic heterocycles. The van der Waals surface area contributed by atoms with Crippen molar-refractivity contribution in [3.8, 4) is 0 Å². The minimum atomic E-state index is -1.24. The zero-order valence-corrected chi connectivity index (χ0v) is 21.5. The Bertz CT molecular complexity index is 1030. The lowest BCUT2D eigenvalue weighted by Crippen LogP contribution is -2.45. The van der Waals surface area contributed by atoms with Crippen LogP contribution in [0.3, 0.4) is 0 Å². The number of hydrogen-bond acceptors (Lipinski definition) is 2. The minimum absolute atomic E-state index is 0.145. The first-order chi connectivity index (χ1) is 15.7. The molecule has 3 nitrogen and oxygen atoms in total. The lowest BCUT2D eigenvalue weighted by molar-refractivity contribution is 0.395. The molecule has 5 heteroatoms. The Hall–Kier alpha value is -2.27. The Kier molecular flexibility index (Phi) is 8.63. The molecule has 0 saturated carbocycles. The maximum absolute atomic E-state index is 13.1. The van der Waals surface area contributed by atoms with E-state index in [-0.39, 0.29) is 22.7 Å². The van der Waals surface area contributed by atoms with Crippen molar-refractivity contribution >= 4 is 28.3 Å². The van der Waals surface area contributed by atoms with Crippen molar-refractivity contribution in [1.82, 2.24) is 4.72 Å². The maximum Gasteiger partial charge on any atom is 0.0973 e. The molecule has 0 saturated heterocycles. The number of hydrogen-bond donors (Lipinski definition) is 1. The van der Waals surface area contributed by atoms with E-state index in [4.69, 9.17) is 16.6 Å². The van der Waals surface area contributed by atoms with Gasteiger partial charge in [-0.05, 0) is 44.4 Å². The molecule has 0 amide bonds. The predicted octanol–water partition coefficient (Wildman–Crippen LogP) is 7.00. The Morgan fingerprint density at radius 2 is 1.33 bits per heavy atom. The van der Waals surface area contributed by atoms with Crippen LogP contribution in [0.4, 0.5) is 0 Å². The van der Waals surface area contributed by atoms with E-state index < -0.39 is 11.0 Å². The fraction of sp³-hybridized carbons (Fsp3) is 0.321. The molecule has 0 bridgehead atoms. The summed E-state index contributed by atoms with van der Waals surface area (Å²) in [5.74, 6) is 0.188. The van der Waals surface area contributed by atoms with Gasteiger partial charge in [0.2, 0.25) is 0 Å². The number of aliphatic imine (C=N–C) groups is 1. The molecule has 3 rings (SSSR count). The molecule has 3 aromatic rings. The lowest BCUT2D eigenvalue weighted by Gasteiger charge is -2.32. The van der Waals surface area contributed by atoms with Gasteiger partial charge in [0.15, 0.2) is 0 Å². The van der Waals surface area contributed by atoms with Crippen LogP contribution >= 0.6 is 11.6 Å². The second-order valence-corrected chi connectivity index (χ2v) is 11.9. The number of nitrogens with zero attached hydrogens (tertiary/aromatic N) is 1. The average molecular weight is 481 g/mol. The quantitative estimate of drug-likeness (QED) is 0.346. The molecule has 174 valence electrons. The molecule has 1 N–H and O–H groups in total. The Morgan fingerprint density at radius 1 is 0.848 bits per heavy atom. The standard InChI is InChI=1S/C28H33ClN2OS/c1-20(2)25(31-33(32)28(3,4)5)27(23-16-18-24(29)19-17-23)30-26(21-12-8-6-9-13-21)22-14-10-7-11-15-22/h6-20,25,27,31H,1-5H3/t25-,27+,33-/m1/s1. The average Bonchev–Trinajstić information content (AvgIpc) is 2.79. The monoisotopic (exact) mass is 480 g/mol. The van der Waals surface area contributed by atoms with E-state index in [1.807, 2.05) is 81.4 Å². The van der Waals surface area contributed by atoms with Crippen LogP contribution in [0.2, 0.25) is 5.02 Å². The van der Waals surface area contributed by atoms with Crippen LogP contribution in [0, 0.1) is 5.92 Å². The molecule has 0 spiro atoms. The predicted molar refractivity (Wildman–Crippen MR) is 142 cm³/mol. The molecule has 0 aromatic heterocycles. The summed E-state index contributed by atoms with van der Waals surface area (Å²) < 4.78 is 16.1. The first-order valence-corrected chi connectivity index (χ1v) is 12.8. The molecule has 33 heavy (non-hydrogen) atoms. The molecular formula is C28H33ClN2OS. The zero-order valence-electron chi connectivity index (χ0n) is 20.0. The Morgan fingerprint density at radius 3 is 1.76 bits per heavy atom. The smallest absolute Gasteiger partial charge is 0.0973 e. The van der Waals surface area contributed by atoms with Gasteiger partial charge in [-0.15, -0.1) is 0 Å². The molecular weight excluding hydrogens is 448 g/mol. The molecule has 0 aliphatic rings. The van der Waals surface area contributed by atoms with Gasteiger partial charge in [0.1, 0.15) is 0 Å². The van der Waals surface area contributed by atoms with Crippen molar-refractivity contribution in [3.63, 3.8) is 0 Å². The van der Waals surface area contributed by atoms with Gasteiger partial charge in [-0.3, -0.25) is 4.99 Å². The van der Waals surface area contributed by atoms with Crippen molar-refractivity contribution < 1.29 is 4.21 Å². The van der Waals surface area contributed by atoms with Gasteiger partial charge in [0.05, 0.1) is 27.5 Å². The lowest BCUT2D eigenvalue weighted by atomic mass is 9.91. The van der Waals surface area contributed by atoms with Crippen molar-refractivity contribution in [2.75, 3.05) is 0 Å². The summed E-state index contributed by atoms with van der Waals surface area (Å²) in [6, 6.07) is 27.8. The summed E-state index contributed by atoms with van der Waals surface area (Å²) in [5, 5.41) is 0.681. The van der Waals surface area contributed by atoms with Gasteiger partial charge in [0.25, 0.3) is 0 Å². The van der Waals surface area contributed by atoms with E-state index >= 15 is 0 Å². The summed E-state index contributed by atoms with van der Waals surface area (Å²) in [7, 11) is -1.24. The summed E-state index contributed by atoms with van der Waals surface area (Å²) in [6.07, 6.45) is 0. The summed E-state index contributed by atoms with van der Waals surface area (Å²) in [4.78, 5) is 5.35. The number of halogens is 1. The second-order valence-electron chi connectivity index (χ2n) is 9.47. The van der Waals surface area contributed by atoms with Crippen LogP contribution < -0.4 is 4.72 Å².